The Bertz CT molecular complexity index is 364. The van der Waals surface area contributed by atoms with E-state index in [2.05, 4.69) is 0 Å². The predicted molar refractivity (Wildman–Crippen MR) is 64.8 cm³/mol. The first kappa shape index (κ1) is 12.2. The summed E-state index contributed by atoms with van der Waals surface area (Å²) in [7, 11) is 0. The van der Waals surface area contributed by atoms with E-state index < -0.39 is 0 Å². The van der Waals surface area contributed by atoms with Crippen LogP contribution in [0.5, 0.6) is 0 Å². The second-order valence-electron chi connectivity index (χ2n) is 3.29. The summed E-state index contributed by atoms with van der Waals surface area (Å²) < 4.78 is 5.05. The SMILES string of the molecule is CC/C=C/C=C/C(=O)OCc1ccccc1. The van der Waals surface area contributed by atoms with Gasteiger partial charge in [0.2, 0.25) is 0 Å². The lowest BCUT2D eigenvalue weighted by atomic mass is 10.2. The molecule has 0 aliphatic carbocycles. The van der Waals surface area contributed by atoms with Crippen LogP contribution in [-0.2, 0) is 16.1 Å². The minimum atomic E-state index is -0.315. The summed E-state index contributed by atoms with van der Waals surface area (Å²) in [6.45, 7) is 2.36. The average molecular weight is 216 g/mol. The molecule has 0 spiro atoms. The van der Waals surface area contributed by atoms with Crippen molar-refractivity contribution in [2.75, 3.05) is 0 Å². The van der Waals surface area contributed by atoms with Crippen molar-refractivity contribution in [2.24, 2.45) is 0 Å². The van der Waals surface area contributed by atoms with Crippen LogP contribution in [0.1, 0.15) is 18.9 Å². The molecule has 0 saturated carbocycles. The average Bonchev–Trinajstić information content (AvgIpc) is 2.33. The lowest BCUT2D eigenvalue weighted by molar-refractivity contribution is -0.139. The molecular weight excluding hydrogens is 200 g/mol. The maximum Gasteiger partial charge on any atom is 0.331 e. The molecule has 0 unspecified atom stereocenters. The van der Waals surface area contributed by atoms with E-state index in [1.165, 1.54) is 6.08 Å². The lowest BCUT2D eigenvalue weighted by Gasteiger charge is -2.00. The first-order valence-electron chi connectivity index (χ1n) is 5.37. The Hall–Kier alpha value is -1.83. The topological polar surface area (TPSA) is 26.3 Å². The summed E-state index contributed by atoms with van der Waals surface area (Å²) in [4.78, 5) is 11.2. The van der Waals surface area contributed by atoms with Crippen molar-refractivity contribution in [1.29, 1.82) is 0 Å². The van der Waals surface area contributed by atoms with Crippen LogP contribution >= 0.6 is 0 Å². The molecule has 0 radical (unpaired) electrons. The number of esters is 1. The van der Waals surface area contributed by atoms with Gasteiger partial charge in [-0.25, -0.2) is 4.79 Å². The molecule has 0 aliphatic heterocycles. The third-order valence-electron chi connectivity index (χ3n) is 1.94. The van der Waals surface area contributed by atoms with Crippen molar-refractivity contribution in [1.82, 2.24) is 0 Å². The van der Waals surface area contributed by atoms with E-state index in [-0.39, 0.29) is 5.97 Å². The van der Waals surface area contributed by atoms with Crippen molar-refractivity contribution in [3.05, 3.63) is 60.2 Å². The van der Waals surface area contributed by atoms with Gasteiger partial charge in [0, 0.05) is 6.08 Å². The molecule has 1 aromatic rings. The number of allylic oxidation sites excluding steroid dienone is 3. The van der Waals surface area contributed by atoms with Gasteiger partial charge in [-0.2, -0.15) is 0 Å². The van der Waals surface area contributed by atoms with Crippen LogP contribution in [0.15, 0.2) is 54.6 Å². The highest BCUT2D eigenvalue weighted by Gasteiger charge is 1.96. The zero-order chi connectivity index (χ0) is 11.6. The van der Waals surface area contributed by atoms with Gasteiger partial charge in [-0.05, 0) is 12.0 Å². The van der Waals surface area contributed by atoms with Gasteiger partial charge in [-0.3, -0.25) is 0 Å². The van der Waals surface area contributed by atoms with Crippen molar-refractivity contribution >= 4 is 5.97 Å². The van der Waals surface area contributed by atoms with Gasteiger partial charge in [0.1, 0.15) is 6.61 Å². The van der Waals surface area contributed by atoms with E-state index in [9.17, 15) is 4.79 Å². The Morgan fingerprint density at radius 3 is 2.69 bits per heavy atom. The fraction of sp³-hybridized carbons (Fsp3) is 0.214. The normalized spacial score (nSPS) is 11.1. The standard InChI is InChI=1S/C14H16O2/c1-2-3-4-8-11-14(15)16-12-13-9-6-5-7-10-13/h3-11H,2,12H2,1H3/b4-3+,11-8+. The monoisotopic (exact) mass is 216 g/mol. The van der Waals surface area contributed by atoms with Crippen molar-refractivity contribution in [3.8, 4) is 0 Å². The first-order valence-corrected chi connectivity index (χ1v) is 5.37. The summed E-state index contributed by atoms with van der Waals surface area (Å²) in [5, 5.41) is 0. The molecule has 1 aromatic carbocycles. The molecule has 2 nitrogen and oxygen atoms in total. The fourth-order valence-corrected chi connectivity index (χ4v) is 1.13. The van der Waals surface area contributed by atoms with Crippen molar-refractivity contribution < 1.29 is 9.53 Å². The molecule has 1 rings (SSSR count). The van der Waals surface area contributed by atoms with Crippen LogP contribution in [0, 0.1) is 0 Å². The second kappa shape index (κ2) is 7.46. The van der Waals surface area contributed by atoms with Gasteiger partial charge in [0.15, 0.2) is 0 Å². The van der Waals surface area contributed by atoms with Gasteiger partial charge < -0.3 is 4.74 Å². The van der Waals surface area contributed by atoms with Gasteiger partial charge >= 0.3 is 5.97 Å². The van der Waals surface area contributed by atoms with Crippen LogP contribution in [0.2, 0.25) is 0 Å². The Morgan fingerprint density at radius 2 is 2.00 bits per heavy atom. The molecule has 0 bridgehead atoms. The highest BCUT2D eigenvalue weighted by Crippen LogP contribution is 2.00. The van der Waals surface area contributed by atoms with E-state index in [4.69, 9.17) is 4.74 Å². The molecule has 16 heavy (non-hydrogen) atoms. The van der Waals surface area contributed by atoms with Crippen LogP contribution in [0.25, 0.3) is 0 Å². The fourth-order valence-electron chi connectivity index (χ4n) is 1.13. The quantitative estimate of drug-likeness (QED) is 0.429. The summed E-state index contributed by atoms with van der Waals surface area (Å²) in [6.07, 6.45) is 7.89. The molecule has 0 N–H and O–H groups in total. The molecule has 84 valence electrons. The number of carbonyl (C=O) groups excluding carboxylic acids is 1. The van der Waals surface area contributed by atoms with E-state index in [1.54, 1.807) is 6.08 Å². The van der Waals surface area contributed by atoms with Gasteiger partial charge in [0.05, 0.1) is 0 Å². The van der Waals surface area contributed by atoms with Crippen molar-refractivity contribution in [3.63, 3.8) is 0 Å². The van der Waals surface area contributed by atoms with Crippen molar-refractivity contribution in [2.45, 2.75) is 20.0 Å². The van der Waals surface area contributed by atoms with Crippen LogP contribution in [0.3, 0.4) is 0 Å². The molecule has 0 aliphatic rings. The number of carbonyl (C=O) groups is 1. The van der Waals surface area contributed by atoms with Gasteiger partial charge in [0.25, 0.3) is 0 Å². The summed E-state index contributed by atoms with van der Waals surface area (Å²) in [6, 6.07) is 9.62. The smallest absolute Gasteiger partial charge is 0.331 e. The Morgan fingerprint density at radius 1 is 1.25 bits per heavy atom. The van der Waals surface area contributed by atoms with E-state index in [1.807, 2.05) is 49.4 Å². The van der Waals surface area contributed by atoms with Crippen LogP contribution < -0.4 is 0 Å². The highest BCUT2D eigenvalue weighted by molar-refractivity contribution is 5.82. The van der Waals surface area contributed by atoms with E-state index >= 15 is 0 Å². The Balaban J connectivity index is 2.30. The van der Waals surface area contributed by atoms with Gasteiger partial charge in [-0.15, -0.1) is 0 Å². The molecular formula is C14H16O2. The number of benzene rings is 1. The third kappa shape index (κ3) is 5.15. The zero-order valence-corrected chi connectivity index (χ0v) is 9.43. The lowest BCUT2D eigenvalue weighted by Crippen LogP contribution is -2.00. The first-order chi connectivity index (χ1) is 7.83. The highest BCUT2D eigenvalue weighted by atomic mass is 16.5. The summed E-state index contributed by atoms with van der Waals surface area (Å²) in [5.74, 6) is -0.315. The van der Waals surface area contributed by atoms with Crippen LogP contribution in [0.4, 0.5) is 0 Å². The second-order valence-corrected chi connectivity index (χ2v) is 3.29. The summed E-state index contributed by atoms with van der Waals surface area (Å²) >= 11 is 0. The van der Waals surface area contributed by atoms with E-state index in [0.717, 1.165) is 12.0 Å². The Labute approximate surface area is 96.2 Å². The maximum atomic E-state index is 11.2. The van der Waals surface area contributed by atoms with Crippen LogP contribution in [-0.4, -0.2) is 5.97 Å². The number of ether oxygens (including phenoxy) is 1. The molecule has 0 aromatic heterocycles. The largest absolute Gasteiger partial charge is 0.458 e. The zero-order valence-electron chi connectivity index (χ0n) is 9.43. The Kier molecular flexibility index (Phi) is 5.71. The van der Waals surface area contributed by atoms with E-state index in [0.29, 0.717) is 6.61 Å². The molecule has 0 heterocycles. The molecule has 0 atom stereocenters. The molecule has 0 saturated heterocycles. The maximum absolute atomic E-state index is 11.2. The number of hydrogen-bond donors (Lipinski definition) is 0. The number of rotatable bonds is 5. The van der Waals surface area contributed by atoms with Gasteiger partial charge in [-0.1, -0.05) is 55.5 Å². The molecule has 0 fully saturated rings. The third-order valence-corrected chi connectivity index (χ3v) is 1.94. The summed E-state index contributed by atoms with van der Waals surface area (Å²) in [5.41, 5.74) is 0.994. The molecule has 0 amide bonds. The minimum Gasteiger partial charge on any atom is -0.458 e. The predicted octanol–water partition coefficient (Wildman–Crippen LogP) is 3.25. The number of hydrogen-bond acceptors (Lipinski definition) is 2. The minimum absolute atomic E-state index is 0.315. The molecule has 2 heteroatoms.